The Kier molecular flexibility index (Phi) is 3.37. The molecule has 0 saturated heterocycles. The molecule has 1 rings (SSSR count). The van der Waals surface area contributed by atoms with Gasteiger partial charge in [0.25, 0.3) is 0 Å². The predicted octanol–water partition coefficient (Wildman–Crippen LogP) is 2.01. The molecule has 0 amide bonds. The van der Waals surface area contributed by atoms with Crippen LogP contribution in [0.25, 0.3) is 0 Å². The van der Waals surface area contributed by atoms with E-state index in [0.717, 1.165) is 4.47 Å². The summed E-state index contributed by atoms with van der Waals surface area (Å²) in [6.45, 7) is 1.72. The first-order chi connectivity index (χ1) is 5.84. The molecule has 1 aromatic rings. The summed E-state index contributed by atoms with van der Waals surface area (Å²) in [6.07, 6.45) is 0. The Morgan fingerprint density at radius 1 is 1.46 bits per heavy atom. The lowest BCUT2D eigenvalue weighted by Gasteiger charge is -2.07. The third kappa shape index (κ3) is 2.42. The molecular weight excluding hydrogens is 369 g/mol. The largest absolute Gasteiger partial charge is 0.239 e. The second kappa shape index (κ2) is 3.84. The molecule has 0 radical (unpaired) electrons. The van der Waals surface area contributed by atoms with Crippen LogP contribution in [0.4, 0.5) is 0 Å². The van der Waals surface area contributed by atoms with Gasteiger partial charge in [0.05, 0.1) is 4.90 Å². The average Bonchev–Trinajstić information content (AvgIpc) is 1.95. The van der Waals surface area contributed by atoms with Gasteiger partial charge in [-0.15, -0.1) is 0 Å². The normalized spacial score (nSPS) is 11.7. The summed E-state index contributed by atoms with van der Waals surface area (Å²) in [4.78, 5) is 0.197. The molecule has 0 aliphatic heterocycles. The zero-order valence-electron chi connectivity index (χ0n) is 6.71. The van der Waals surface area contributed by atoms with Gasteiger partial charge in [-0.05, 0) is 57.1 Å². The minimum atomic E-state index is -3.62. The molecule has 0 unspecified atom stereocenters. The molecule has 0 atom stereocenters. The van der Waals surface area contributed by atoms with Crippen molar-refractivity contribution >= 4 is 48.5 Å². The molecule has 0 bridgehead atoms. The third-order valence-corrected chi connectivity index (χ3v) is 5.52. The van der Waals surface area contributed by atoms with Crippen LogP contribution in [0.3, 0.4) is 0 Å². The van der Waals surface area contributed by atoms with Crippen molar-refractivity contribution in [3.63, 3.8) is 0 Å². The van der Waals surface area contributed by atoms with Gasteiger partial charge in [-0.1, -0.05) is 6.07 Å². The Morgan fingerprint density at radius 3 is 2.38 bits per heavy atom. The number of halogens is 2. The molecule has 6 heteroatoms. The Labute approximate surface area is 99.0 Å². The topological polar surface area (TPSA) is 60.2 Å². The highest BCUT2D eigenvalue weighted by molar-refractivity contribution is 14.1. The fourth-order valence-corrected chi connectivity index (χ4v) is 3.84. The van der Waals surface area contributed by atoms with E-state index in [4.69, 9.17) is 5.14 Å². The number of benzene rings is 1. The van der Waals surface area contributed by atoms with E-state index in [0.29, 0.717) is 9.13 Å². The summed E-state index contributed by atoms with van der Waals surface area (Å²) in [6, 6.07) is 3.51. The van der Waals surface area contributed by atoms with Crippen LogP contribution in [0.2, 0.25) is 0 Å². The number of hydrogen-bond donors (Lipinski definition) is 1. The van der Waals surface area contributed by atoms with Crippen LogP contribution >= 0.6 is 38.5 Å². The summed E-state index contributed by atoms with van der Waals surface area (Å²) < 4.78 is 23.7. The van der Waals surface area contributed by atoms with E-state index >= 15 is 0 Å². The summed E-state index contributed by atoms with van der Waals surface area (Å²) in [5.41, 5.74) is 0.662. The third-order valence-electron chi connectivity index (χ3n) is 1.53. The lowest BCUT2D eigenvalue weighted by molar-refractivity contribution is 0.596. The van der Waals surface area contributed by atoms with E-state index in [1.54, 1.807) is 19.1 Å². The number of sulfonamides is 1. The van der Waals surface area contributed by atoms with Gasteiger partial charge in [0.1, 0.15) is 0 Å². The van der Waals surface area contributed by atoms with Gasteiger partial charge in [0.2, 0.25) is 10.0 Å². The number of aryl methyl sites for hydroxylation is 1. The van der Waals surface area contributed by atoms with Crippen molar-refractivity contribution in [1.29, 1.82) is 0 Å². The van der Waals surface area contributed by atoms with Crippen LogP contribution in [0, 0.1) is 10.5 Å². The van der Waals surface area contributed by atoms with Gasteiger partial charge < -0.3 is 0 Å². The van der Waals surface area contributed by atoms with E-state index in [2.05, 4.69) is 15.9 Å². The molecule has 2 N–H and O–H groups in total. The minimum Gasteiger partial charge on any atom is -0.225 e. The number of hydrogen-bond acceptors (Lipinski definition) is 2. The molecule has 0 aromatic heterocycles. The zero-order valence-corrected chi connectivity index (χ0v) is 11.3. The fourth-order valence-electron chi connectivity index (χ4n) is 0.978. The number of rotatable bonds is 1. The Balaban J connectivity index is 3.62. The maximum absolute atomic E-state index is 11.2. The lowest BCUT2D eigenvalue weighted by Crippen LogP contribution is -2.15. The van der Waals surface area contributed by atoms with Gasteiger partial charge in [-0.25, -0.2) is 13.6 Å². The highest BCUT2D eigenvalue weighted by Gasteiger charge is 2.17. The molecule has 0 fully saturated rings. The van der Waals surface area contributed by atoms with E-state index < -0.39 is 10.0 Å². The molecule has 13 heavy (non-hydrogen) atoms. The van der Waals surface area contributed by atoms with Gasteiger partial charge in [0.15, 0.2) is 0 Å². The summed E-state index contributed by atoms with van der Waals surface area (Å²) in [5, 5.41) is 5.07. The lowest BCUT2D eigenvalue weighted by atomic mass is 10.2. The zero-order chi connectivity index (χ0) is 10.2. The molecule has 1 aromatic carbocycles. The molecule has 0 saturated carbocycles. The first-order valence-electron chi connectivity index (χ1n) is 3.31. The molecule has 3 nitrogen and oxygen atoms in total. The molecule has 0 heterocycles. The molecule has 0 aliphatic carbocycles. The SMILES string of the molecule is Cc1ccc(Br)c(I)c1S(N)(=O)=O. The van der Waals surface area contributed by atoms with Gasteiger partial charge >= 0.3 is 0 Å². The Hall–Kier alpha value is 0.340. The van der Waals surface area contributed by atoms with Crippen molar-refractivity contribution in [2.24, 2.45) is 5.14 Å². The van der Waals surface area contributed by atoms with Gasteiger partial charge in [-0.3, -0.25) is 0 Å². The van der Waals surface area contributed by atoms with Crippen molar-refractivity contribution in [3.05, 3.63) is 25.7 Å². The summed E-state index contributed by atoms with van der Waals surface area (Å²) >= 11 is 5.19. The number of nitrogens with two attached hydrogens (primary N) is 1. The highest BCUT2D eigenvalue weighted by atomic mass is 127. The van der Waals surface area contributed by atoms with Crippen molar-refractivity contribution in [2.75, 3.05) is 0 Å². The monoisotopic (exact) mass is 375 g/mol. The smallest absolute Gasteiger partial charge is 0.225 e. The van der Waals surface area contributed by atoms with Gasteiger partial charge in [0, 0.05) is 8.04 Å². The summed E-state index contributed by atoms with van der Waals surface area (Å²) in [5.74, 6) is 0. The van der Waals surface area contributed by atoms with Crippen LogP contribution in [-0.2, 0) is 10.0 Å². The van der Waals surface area contributed by atoms with Crippen molar-refractivity contribution < 1.29 is 8.42 Å². The van der Waals surface area contributed by atoms with E-state index in [1.165, 1.54) is 0 Å². The first-order valence-corrected chi connectivity index (χ1v) is 6.73. The van der Waals surface area contributed by atoms with Crippen molar-refractivity contribution in [2.45, 2.75) is 11.8 Å². The van der Waals surface area contributed by atoms with Crippen LogP contribution in [0.1, 0.15) is 5.56 Å². The second-order valence-electron chi connectivity index (χ2n) is 2.55. The molecule has 72 valence electrons. The first kappa shape index (κ1) is 11.4. The van der Waals surface area contributed by atoms with E-state index in [-0.39, 0.29) is 4.90 Å². The maximum atomic E-state index is 11.2. The number of primary sulfonamides is 1. The van der Waals surface area contributed by atoms with E-state index in [1.807, 2.05) is 22.6 Å². The molecule has 0 spiro atoms. The maximum Gasteiger partial charge on any atom is 0.239 e. The van der Waals surface area contributed by atoms with Crippen LogP contribution < -0.4 is 5.14 Å². The van der Waals surface area contributed by atoms with Crippen molar-refractivity contribution in [3.8, 4) is 0 Å². The average molecular weight is 376 g/mol. The van der Waals surface area contributed by atoms with Crippen LogP contribution in [0.15, 0.2) is 21.5 Å². The van der Waals surface area contributed by atoms with Crippen molar-refractivity contribution in [1.82, 2.24) is 0 Å². The predicted molar refractivity (Wildman–Crippen MR) is 63.0 cm³/mol. The highest BCUT2D eigenvalue weighted by Crippen LogP contribution is 2.27. The minimum absolute atomic E-state index is 0.197. The molecular formula is C7H7BrINO2S. The fraction of sp³-hybridized carbons (Fsp3) is 0.143. The van der Waals surface area contributed by atoms with E-state index in [9.17, 15) is 8.42 Å². The van der Waals surface area contributed by atoms with Crippen LogP contribution in [-0.4, -0.2) is 8.42 Å². The standard InChI is InChI=1S/C7H7BrINO2S/c1-4-2-3-5(8)6(9)7(4)13(10,11)12/h2-3H,1H3,(H2,10,11,12). The Bertz CT molecular complexity index is 444. The quantitative estimate of drug-likeness (QED) is 0.763. The van der Waals surface area contributed by atoms with Crippen LogP contribution in [0.5, 0.6) is 0 Å². The molecule has 0 aliphatic rings. The van der Waals surface area contributed by atoms with Gasteiger partial charge in [-0.2, -0.15) is 0 Å². The second-order valence-corrected chi connectivity index (χ2v) is 5.98. The Morgan fingerprint density at radius 2 is 2.00 bits per heavy atom. The summed E-state index contributed by atoms with van der Waals surface area (Å²) in [7, 11) is -3.62.